The van der Waals surface area contributed by atoms with Crippen LogP contribution in [0.25, 0.3) is 0 Å². The Morgan fingerprint density at radius 2 is 2.33 bits per heavy atom. The number of thioether (sulfide) groups is 1. The Balaban J connectivity index is 1.98. The van der Waals surface area contributed by atoms with Gasteiger partial charge >= 0.3 is 0 Å². The van der Waals surface area contributed by atoms with Crippen LogP contribution in [0.5, 0.6) is 0 Å². The molecule has 1 aromatic heterocycles. The second-order valence-corrected chi connectivity index (χ2v) is 6.43. The van der Waals surface area contributed by atoms with Gasteiger partial charge in [-0.1, -0.05) is 26.2 Å². The summed E-state index contributed by atoms with van der Waals surface area (Å²) in [6, 6.07) is 2.00. The van der Waals surface area contributed by atoms with Crippen molar-refractivity contribution in [3.05, 3.63) is 18.6 Å². The summed E-state index contributed by atoms with van der Waals surface area (Å²) >= 11 is 1.90. The summed E-state index contributed by atoms with van der Waals surface area (Å²) in [5, 5.41) is 1.72. The molecule has 1 fully saturated rings. The quantitative estimate of drug-likeness (QED) is 0.831. The fraction of sp³-hybridized carbons (Fsp3) is 0.714. The summed E-state index contributed by atoms with van der Waals surface area (Å²) in [6.45, 7) is 3.09. The van der Waals surface area contributed by atoms with E-state index in [2.05, 4.69) is 16.9 Å². The van der Waals surface area contributed by atoms with E-state index in [1.165, 1.54) is 32.1 Å². The van der Waals surface area contributed by atoms with Gasteiger partial charge in [-0.05, 0) is 37.3 Å². The molecule has 3 atom stereocenters. The molecule has 1 aliphatic carbocycles. The van der Waals surface area contributed by atoms with E-state index >= 15 is 0 Å². The average molecular weight is 265 g/mol. The molecule has 0 radical (unpaired) electrons. The topological polar surface area (TPSA) is 51.8 Å². The number of hydrogen-bond acceptors (Lipinski definition) is 4. The molecule has 0 spiro atoms. The Morgan fingerprint density at radius 1 is 1.44 bits per heavy atom. The molecule has 0 saturated heterocycles. The minimum Gasteiger partial charge on any atom is -0.330 e. The van der Waals surface area contributed by atoms with Crippen molar-refractivity contribution < 1.29 is 0 Å². The van der Waals surface area contributed by atoms with Crippen LogP contribution < -0.4 is 5.73 Å². The monoisotopic (exact) mass is 265 g/mol. The molecule has 1 saturated carbocycles. The minimum atomic E-state index is 0.634. The highest BCUT2D eigenvalue weighted by Gasteiger charge is 2.30. The molecule has 1 heterocycles. The molecular formula is C14H23N3S. The van der Waals surface area contributed by atoms with Crippen molar-refractivity contribution in [1.82, 2.24) is 9.97 Å². The molecule has 1 aromatic rings. The Kier molecular flexibility index (Phi) is 5.45. The number of nitrogens with zero attached hydrogens (tertiary/aromatic N) is 2. The molecule has 0 bridgehead atoms. The van der Waals surface area contributed by atoms with Crippen LogP contribution in [0.1, 0.15) is 39.0 Å². The van der Waals surface area contributed by atoms with Crippen LogP contribution in [0.4, 0.5) is 0 Å². The molecule has 0 amide bonds. The Hall–Kier alpha value is -0.610. The van der Waals surface area contributed by atoms with E-state index in [1.54, 1.807) is 6.33 Å². The SMILES string of the molecule is CCCC1CCC(CN)C(Sc2ccncn2)C1. The van der Waals surface area contributed by atoms with Gasteiger partial charge in [0.15, 0.2) is 0 Å². The van der Waals surface area contributed by atoms with E-state index in [0.717, 1.165) is 17.5 Å². The van der Waals surface area contributed by atoms with Crippen molar-refractivity contribution in [3.63, 3.8) is 0 Å². The van der Waals surface area contributed by atoms with Gasteiger partial charge in [-0.3, -0.25) is 0 Å². The van der Waals surface area contributed by atoms with Gasteiger partial charge in [0, 0.05) is 11.4 Å². The first-order chi connectivity index (χ1) is 8.83. The van der Waals surface area contributed by atoms with Gasteiger partial charge in [-0.2, -0.15) is 0 Å². The molecule has 100 valence electrons. The van der Waals surface area contributed by atoms with Gasteiger partial charge in [0.1, 0.15) is 6.33 Å². The van der Waals surface area contributed by atoms with Gasteiger partial charge in [0.05, 0.1) is 5.03 Å². The first-order valence-corrected chi connectivity index (χ1v) is 7.84. The largest absolute Gasteiger partial charge is 0.330 e. The molecule has 18 heavy (non-hydrogen) atoms. The molecular weight excluding hydrogens is 242 g/mol. The highest BCUT2D eigenvalue weighted by Crippen LogP contribution is 2.40. The van der Waals surface area contributed by atoms with Crippen molar-refractivity contribution in [3.8, 4) is 0 Å². The summed E-state index contributed by atoms with van der Waals surface area (Å²) < 4.78 is 0. The van der Waals surface area contributed by atoms with E-state index in [1.807, 2.05) is 24.0 Å². The third kappa shape index (κ3) is 3.69. The van der Waals surface area contributed by atoms with Gasteiger partial charge in [0.25, 0.3) is 0 Å². The van der Waals surface area contributed by atoms with Crippen molar-refractivity contribution in [2.24, 2.45) is 17.6 Å². The van der Waals surface area contributed by atoms with Gasteiger partial charge < -0.3 is 5.73 Å². The molecule has 3 unspecified atom stereocenters. The molecule has 3 nitrogen and oxygen atoms in total. The zero-order chi connectivity index (χ0) is 12.8. The standard InChI is InChI=1S/C14H23N3S/c1-2-3-11-4-5-12(9-15)13(8-11)18-14-6-7-16-10-17-14/h6-7,10-13H,2-5,8-9,15H2,1H3. The first-order valence-electron chi connectivity index (χ1n) is 6.96. The maximum Gasteiger partial charge on any atom is 0.116 e. The lowest BCUT2D eigenvalue weighted by molar-refractivity contribution is 0.276. The third-order valence-corrected chi connectivity index (χ3v) is 5.23. The minimum absolute atomic E-state index is 0.634. The number of hydrogen-bond donors (Lipinski definition) is 1. The summed E-state index contributed by atoms with van der Waals surface area (Å²) in [6.07, 6.45) is 10.0. The van der Waals surface area contributed by atoms with Crippen LogP contribution in [0, 0.1) is 11.8 Å². The summed E-state index contributed by atoms with van der Waals surface area (Å²) in [5.74, 6) is 1.54. The predicted molar refractivity (Wildman–Crippen MR) is 76.5 cm³/mol. The Labute approximate surface area is 114 Å². The molecule has 0 aliphatic heterocycles. The molecule has 4 heteroatoms. The molecule has 2 rings (SSSR count). The van der Waals surface area contributed by atoms with Crippen molar-refractivity contribution >= 4 is 11.8 Å². The van der Waals surface area contributed by atoms with Gasteiger partial charge in [-0.15, -0.1) is 11.8 Å². The maximum absolute atomic E-state index is 5.92. The van der Waals surface area contributed by atoms with Crippen molar-refractivity contribution in [1.29, 1.82) is 0 Å². The lowest BCUT2D eigenvalue weighted by Gasteiger charge is -2.35. The fourth-order valence-corrected chi connectivity index (χ4v) is 4.23. The second kappa shape index (κ2) is 7.10. The fourth-order valence-electron chi connectivity index (χ4n) is 2.86. The van der Waals surface area contributed by atoms with E-state index in [-0.39, 0.29) is 0 Å². The van der Waals surface area contributed by atoms with Crippen molar-refractivity contribution in [2.75, 3.05) is 6.54 Å². The van der Waals surface area contributed by atoms with Gasteiger partial charge in [0.2, 0.25) is 0 Å². The molecule has 2 N–H and O–H groups in total. The number of aromatic nitrogens is 2. The lowest BCUT2D eigenvalue weighted by atomic mass is 9.80. The van der Waals surface area contributed by atoms with Crippen LogP contribution in [0.15, 0.2) is 23.6 Å². The van der Waals surface area contributed by atoms with Crippen LogP contribution in [-0.2, 0) is 0 Å². The Bertz CT molecular complexity index is 344. The molecule has 1 aliphatic rings. The van der Waals surface area contributed by atoms with Crippen LogP contribution in [-0.4, -0.2) is 21.8 Å². The maximum atomic E-state index is 5.92. The second-order valence-electron chi connectivity index (χ2n) is 5.17. The first kappa shape index (κ1) is 13.8. The van der Waals surface area contributed by atoms with E-state index in [9.17, 15) is 0 Å². The highest BCUT2D eigenvalue weighted by molar-refractivity contribution is 7.99. The van der Waals surface area contributed by atoms with Crippen LogP contribution in [0.3, 0.4) is 0 Å². The van der Waals surface area contributed by atoms with Crippen molar-refractivity contribution in [2.45, 2.75) is 49.3 Å². The lowest BCUT2D eigenvalue weighted by Crippen LogP contribution is -2.32. The Morgan fingerprint density at radius 3 is 3.00 bits per heavy atom. The van der Waals surface area contributed by atoms with Crippen LogP contribution >= 0.6 is 11.8 Å². The van der Waals surface area contributed by atoms with E-state index < -0.39 is 0 Å². The number of rotatable bonds is 5. The predicted octanol–water partition coefficient (Wildman–Crippen LogP) is 3.11. The zero-order valence-electron chi connectivity index (χ0n) is 11.1. The normalized spacial score (nSPS) is 28.2. The molecule has 0 aromatic carbocycles. The van der Waals surface area contributed by atoms with Gasteiger partial charge in [-0.25, -0.2) is 9.97 Å². The number of nitrogens with two attached hydrogens (primary N) is 1. The zero-order valence-corrected chi connectivity index (χ0v) is 11.9. The highest BCUT2D eigenvalue weighted by atomic mass is 32.2. The van der Waals surface area contributed by atoms with E-state index in [0.29, 0.717) is 11.2 Å². The smallest absolute Gasteiger partial charge is 0.116 e. The van der Waals surface area contributed by atoms with Crippen LogP contribution in [0.2, 0.25) is 0 Å². The third-order valence-electron chi connectivity index (χ3n) is 3.86. The average Bonchev–Trinajstić information content (AvgIpc) is 2.41. The summed E-state index contributed by atoms with van der Waals surface area (Å²) in [5.41, 5.74) is 5.92. The van der Waals surface area contributed by atoms with E-state index in [4.69, 9.17) is 5.73 Å². The summed E-state index contributed by atoms with van der Waals surface area (Å²) in [7, 11) is 0. The summed E-state index contributed by atoms with van der Waals surface area (Å²) in [4.78, 5) is 8.30.